The van der Waals surface area contributed by atoms with Crippen molar-refractivity contribution in [2.45, 2.75) is 44.6 Å². The summed E-state index contributed by atoms with van der Waals surface area (Å²) < 4.78 is 15.3. The van der Waals surface area contributed by atoms with Gasteiger partial charge in [-0.15, -0.1) is 24.0 Å². The first-order chi connectivity index (χ1) is 13.6. The zero-order chi connectivity index (χ0) is 19.8. The lowest BCUT2D eigenvalue weighted by Crippen LogP contribution is -2.38. The van der Waals surface area contributed by atoms with Crippen molar-refractivity contribution in [3.8, 4) is 0 Å². The largest absolute Gasteiger partial charge is 0.357 e. The molecule has 1 heterocycles. The van der Waals surface area contributed by atoms with Gasteiger partial charge in [-0.3, -0.25) is 9.79 Å². The number of aromatic nitrogens is 1. The summed E-state index contributed by atoms with van der Waals surface area (Å²) >= 11 is 0. The fraction of sp³-hybridized carbons (Fsp3) is 0.455. The van der Waals surface area contributed by atoms with Crippen LogP contribution in [0.25, 0.3) is 0 Å². The van der Waals surface area contributed by atoms with E-state index in [1.807, 2.05) is 25.3 Å². The highest BCUT2D eigenvalue weighted by molar-refractivity contribution is 14.0. The smallest absolute Gasteiger partial charge is 0.250 e. The Labute approximate surface area is 188 Å². The van der Waals surface area contributed by atoms with Gasteiger partial charge in [0.15, 0.2) is 5.96 Å². The number of pyridine rings is 1. The van der Waals surface area contributed by atoms with Crippen LogP contribution < -0.4 is 16.2 Å². The maximum atomic E-state index is 13.5. The van der Waals surface area contributed by atoms with Gasteiger partial charge in [-0.1, -0.05) is 18.2 Å². The first kappa shape index (κ1) is 23.4. The van der Waals surface area contributed by atoms with E-state index in [0.717, 1.165) is 56.8 Å². The van der Waals surface area contributed by atoms with Crippen LogP contribution in [0.1, 0.15) is 38.2 Å². The molecule has 0 amide bonds. The molecule has 1 saturated carbocycles. The number of nitrogens with zero attached hydrogens (tertiary/aromatic N) is 2. The monoisotopic (exact) mass is 512 g/mol. The molecule has 1 aromatic heterocycles. The lowest BCUT2D eigenvalue weighted by Gasteiger charge is -2.16. The second-order valence-corrected chi connectivity index (χ2v) is 7.35. The van der Waals surface area contributed by atoms with Crippen LogP contribution in [-0.4, -0.2) is 30.2 Å². The molecule has 158 valence electrons. The van der Waals surface area contributed by atoms with Crippen LogP contribution >= 0.6 is 24.0 Å². The van der Waals surface area contributed by atoms with Gasteiger partial charge in [0.25, 0.3) is 0 Å². The van der Waals surface area contributed by atoms with Crippen molar-refractivity contribution in [3.63, 3.8) is 0 Å². The third-order valence-electron chi connectivity index (χ3n) is 5.19. The average Bonchev–Trinajstić information content (AvgIpc) is 3.48. The number of unbranched alkanes of at least 4 members (excludes halogenated alkanes) is 1. The van der Waals surface area contributed by atoms with Crippen LogP contribution in [0.2, 0.25) is 0 Å². The van der Waals surface area contributed by atoms with Crippen LogP contribution in [0.3, 0.4) is 0 Å². The third kappa shape index (κ3) is 6.83. The zero-order valence-electron chi connectivity index (χ0n) is 16.9. The minimum atomic E-state index is -0.185. The molecule has 0 atom stereocenters. The lowest BCUT2D eigenvalue weighted by molar-refractivity contribution is 0.584. The third-order valence-corrected chi connectivity index (χ3v) is 5.19. The molecular weight excluding hydrogens is 482 g/mol. The van der Waals surface area contributed by atoms with Crippen LogP contribution in [0.4, 0.5) is 4.39 Å². The Morgan fingerprint density at radius 2 is 2.00 bits per heavy atom. The van der Waals surface area contributed by atoms with E-state index in [4.69, 9.17) is 4.99 Å². The molecule has 2 aromatic rings. The normalized spacial score (nSPS) is 14.8. The van der Waals surface area contributed by atoms with E-state index < -0.39 is 0 Å². The molecule has 1 aromatic carbocycles. The van der Waals surface area contributed by atoms with E-state index in [9.17, 15) is 9.18 Å². The zero-order valence-corrected chi connectivity index (χ0v) is 19.2. The van der Waals surface area contributed by atoms with E-state index in [-0.39, 0.29) is 40.8 Å². The summed E-state index contributed by atoms with van der Waals surface area (Å²) in [6.45, 7) is 5.00. The number of aliphatic imine (C=N–C) groups is 1. The first-order valence-electron chi connectivity index (χ1n) is 10.1. The Morgan fingerprint density at radius 3 is 2.69 bits per heavy atom. The van der Waals surface area contributed by atoms with Gasteiger partial charge in [0.1, 0.15) is 5.82 Å². The van der Waals surface area contributed by atoms with E-state index in [0.29, 0.717) is 6.54 Å². The topological polar surface area (TPSA) is 58.4 Å². The predicted molar refractivity (Wildman–Crippen MR) is 127 cm³/mol. The number of aryl methyl sites for hydroxylation is 1. The van der Waals surface area contributed by atoms with Gasteiger partial charge >= 0.3 is 0 Å². The summed E-state index contributed by atoms with van der Waals surface area (Å²) in [6, 6.07) is 12.1. The minimum Gasteiger partial charge on any atom is -0.357 e. The predicted octanol–water partition coefficient (Wildman–Crippen LogP) is 3.67. The maximum Gasteiger partial charge on any atom is 0.250 e. The minimum absolute atomic E-state index is 0. The van der Waals surface area contributed by atoms with Gasteiger partial charge in [-0.2, -0.15) is 0 Å². The molecule has 1 fully saturated rings. The molecule has 0 bridgehead atoms. The summed E-state index contributed by atoms with van der Waals surface area (Å²) in [6.07, 6.45) is 5.78. The van der Waals surface area contributed by atoms with Crippen molar-refractivity contribution in [2.75, 3.05) is 19.6 Å². The van der Waals surface area contributed by atoms with Gasteiger partial charge in [0.05, 0.1) is 6.54 Å². The lowest BCUT2D eigenvalue weighted by atomic mass is 9.96. The number of rotatable bonds is 9. The highest BCUT2D eigenvalue weighted by Gasteiger charge is 2.44. The Morgan fingerprint density at radius 1 is 1.17 bits per heavy atom. The van der Waals surface area contributed by atoms with Crippen LogP contribution in [0.15, 0.2) is 58.4 Å². The maximum absolute atomic E-state index is 13.5. The highest BCUT2D eigenvalue weighted by Crippen LogP contribution is 2.48. The number of halogens is 2. The van der Waals surface area contributed by atoms with Crippen LogP contribution in [-0.2, 0) is 12.0 Å². The number of benzene rings is 1. The molecule has 5 nitrogen and oxygen atoms in total. The van der Waals surface area contributed by atoms with Gasteiger partial charge in [-0.25, -0.2) is 4.39 Å². The van der Waals surface area contributed by atoms with E-state index in [1.54, 1.807) is 28.8 Å². The van der Waals surface area contributed by atoms with E-state index in [1.165, 1.54) is 6.07 Å². The Kier molecular flexibility index (Phi) is 9.13. The van der Waals surface area contributed by atoms with Crippen molar-refractivity contribution in [1.82, 2.24) is 15.2 Å². The molecule has 29 heavy (non-hydrogen) atoms. The van der Waals surface area contributed by atoms with Gasteiger partial charge in [0, 0.05) is 37.3 Å². The highest BCUT2D eigenvalue weighted by atomic mass is 127. The molecule has 0 unspecified atom stereocenters. The number of guanidine groups is 1. The molecule has 3 rings (SSSR count). The summed E-state index contributed by atoms with van der Waals surface area (Å²) in [5, 5.41) is 6.64. The van der Waals surface area contributed by atoms with Crippen molar-refractivity contribution >= 4 is 29.9 Å². The van der Waals surface area contributed by atoms with Gasteiger partial charge in [0.2, 0.25) is 5.56 Å². The Bertz CT molecular complexity index is 864. The van der Waals surface area contributed by atoms with Crippen molar-refractivity contribution in [1.29, 1.82) is 0 Å². The summed E-state index contributed by atoms with van der Waals surface area (Å²) in [7, 11) is 0. The van der Waals surface area contributed by atoms with Crippen molar-refractivity contribution in [3.05, 3.63) is 70.4 Å². The fourth-order valence-corrected chi connectivity index (χ4v) is 3.34. The summed E-state index contributed by atoms with van der Waals surface area (Å²) in [5.74, 6) is 0.609. The van der Waals surface area contributed by atoms with E-state index >= 15 is 0 Å². The van der Waals surface area contributed by atoms with Gasteiger partial charge < -0.3 is 15.2 Å². The molecular formula is C22H30FIN4O. The second kappa shape index (κ2) is 11.3. The van der Waals surface area contributed by atoms with Crippen LogP contribution in [0.5, 0.6) is 0 Å². The van der Waals surface area contributed by atoms with Crippen molar-refractivity contribution < 1.29 is 4.39 Å². The quantitative estimate of drug-likeness (QED) is 0.233. The average molecular weight is 512 g/mol. The molecule has 1 aliphatic rings. The standard InChI is InChI=1S/C22H29FN4O.HI/c1-2-24-21(25-13-4-6-15-27-14-5-3-10-20(27)28)26-17-22(11-12-22)18-8-7-9-19(23)16-18;/h3,5,7-10,14,16H,2,4,6,11-13,15,17H2,1H3,(H2,24,25,26);1H. The molecule has 7 heteroatoms. The van der Waals surface area contributed by atoms with Crippen molar-refractivity contribution in [2.24, 2.45) is 4.99 Å². The summed E-state index contributed by atoms with van der Waals surface area (Å²) in [4.78, 5) is 16.4. The SMILES string of the molecule is CCNC(=NCC1(c2cccc(F)c2)CC1)NCCCCn1ccccc1=O.I. The number of hydrogen-bond donors (Lipinski definition) is 2. The molecule has 2 N–H and O–H groups in total. The van der Waals surface area contributed by atoms with Crippen LogP contribution in [0, 0.1) is 5.82 Å². The second-order valence-electron chi connectivity index (χ2n) is 7.35. The molecule has 0 saturated heterocycles. The summed E-state index contributed by atoms with van der Waals surface area (Å²) in [5.41, 5.74) is 1.07. The molecule has 0 aliphatic heterocycles. The van der Waals surface area contributed by atoms with Gasteiger partial charge in [-0.05, 0) is 56.4 Å². The number of nitrogens with one attached hydrogen (secondary N) is 2. The Balaban J connectivity index is 0.00000300. The fourth-order valence-electron chi connectivity index (χ4n) is 3.34. The van der Waals surface area contributed by atoms with E-state index in [2.05, 4.69) is 10.6 Å². The Hall–Kier alpha value is -1.90. The molecule has 0 spiro atoms. The first-order valence-corrected chi connectivity index (χ1v) is 10.1. The molecule has 1 aliphatic carbocycles. The molecule has 0 radical (unpaired) electrons. The number of hydrogen-bond acceptors (Lipinski definition) is 2.